The summed E-state index contributed by atoms with van der Waals surface area (Å²) in [6.45, 7) is 6.58. The van der Waals surface area contributed by atoms with E-state index < -0.39 is 0 Å². The topological polar surface area (TPSA) is 9.23 Å². The van der Waals surface area contributed by atoms with Crippen molar-refractivity contribution in [3.8, 4) is 11.5 Å². The van der Waals surface area contributed by atoms with Gasteiger partial charge in [0, 0.05) is 0 Å². The van der Waals surface area contributed by atoms with Gasteiger partial charge >= 0.3 is 0 Å². The lowest BCUT2D eigenvalue weighted by Crippen LogP contribution is -1.95. The van der Waals surface area contributed by atoms with Gasteiger partial charge in [-0.3, -0.25) is 0 Å². The maximum Gasteiger partial charge on any atom is 0.130 e. The summed E-state index contributed by atoms with van der Waals surface area (Å²) in [5.74, 6) is 2.33. The van der Waals surface area contributed by atoms with Crippen LogP contribution in [0.3, 0.4) is 0 Å². The third kappa shape index (κ3) is 2.92. The van der Waals surface area contributed by atoms with Gasteiger partial charge in [0.05, 0.1) is 0 Å². The first-order chi connectivity index (χ1) is 8.70. The van der Waals surface area contributed by atoms with Gasteiger partial charge in [0.1, 0.15) is 11.5 Å². The fourth-order valence-corrected chi connectivity index (χ4v) is 1.98. The first-order valence-electron chi connectivity index (χ1n) is 6.56. The fourth-order valence-electron chi connectivity index (χ4n) is 1.98. The quantitative estimate of drug-likeness (QED) is 0.716. The van der Waals surface area contributed by atoms with Crippen molar-refractivity contribution in [2.45, 2.75) is 33.1 Å². The molecule has 0 saturated carbocycles. The summed E-state index contributed by atoms with van der Waals surface area (Å²) >= 11 is 0. The molecule has 0 heterocycles. The highest BCUT2D eigenvalue weighted by Crippen LogP contribution is 2.31. The maximum atomic E-state index is 5.97. The lowest BCUT2D eigenvalue weighted by Gasteiger charge is -2.15. The zero-order chi connectivity index (χ0) is 13.0. The Kier molecular flexibility index (Phi) is 4.03. The number of rotatable bonds is 4. The second-order valence-electron chi connectivity index (χ2n) is 4.80. The summed E-state index contributed by atoms with van der Waals surface area (Å²) in [7, 11) is 0. The molecule has 94 valence electrons. The maximum absolute atomic E-state index is 5.97. The molecular formula is C17H20O. The van der Waals surface area contributed by atoms with E-state index in [9.17, 15) is 0 Å². The summed E-state index contributed by atoms with van der Waals surface area (Å²) in [5, 5.41) is 0. The molecule has 0 aliphatic rings. The van der Waals surface area contributed by atoms with Gasteiger partial charge in [0.2, 0.25) is 0 Å². The second kappa shape index (κ2) is 5.72. The molecule has 2 aromatic carbocycles. The van der Waals surface area contributed by atoms with Crippen LogP contribution in [0.2, 0.25) is 0 Å². The minimum atomic E-state index is 0.468. The average Bonchev–Trinajstić information content (AvgIpc) is 2.40. The zero-order valence-electron chi connectivity index (χ0n) is 11.3. The first-order valence-corrected chi connectivity index (χ1v) is 6.56. The summed E-state index contributed by atoms with van der Waals surface area (Å²) in [6, 6.07) is 16.4. The molecule has 0 unspecified atom stereocenters. The van der Waals surface area contributed by atoms with E-state index in [1.54, 1.807) is 0 Å². The molecule has 0 saturated heterocycles. The van der Waals surface area contributed by atoms with Crippen LogP contribution >= 0.6 is 0 Å². The highest BCUT2D eigenvalue weighted by molar-refractivity contribution is 5.42. The highest BCUT2D eigenvalue weighted by atomic mass is 16.5. The van der Waals surface area contributed by atoms with Gasteiger partial charge in [0.15, 0.2) is 0 Å². The lowest BCUT2D eigenvalue weighted by molar-refractivity contribution is 0.473. The Bertz CT molecular complexity index is 500. The van der Waals surface area contributed by atoms with Crippen LogP contribution in [0.15, 0.2) is 48.5 Å². The van der Waals surface area contributed by atoms with Crippen molar-refractivity contribution < 1.29 is 4.74 Å². The molecule has 0 amide bonds. The Labute approximate surface area is 109 Å². The molecule has 18 heavy (non-hydrogen) atoms. The van der Waals surface area contributed by atoms with Gasteiger partial charge in [-0.25, -0.2) is 0 Å². The Morgan fingerprint density at radius 1 is 1.00 bits per heavy atom. The van der Waals surface area contributed by atoms with Crippen LogP contribution in [0.25, 0.3) is 0 Å². The highest BCUT2D eigenvalue weighted by Gasteiger charge is 2.09. The van der Waals surface area contributed by atoms with E-state index in [1.807, 2.05) is 30.3 Å². The van der Waals surface area contributed by atoms with E-state index >= 15 is 0 Å². The van der Waals surface area contributed by atoms with Gasteiger partial charge in [-0.15, -0.1) is 0 Å². The standard InChI is InChI=1S/C17H20O/c1-4-14-10-11-17(16(12-14)13(2)3)18-15-8-6-5-7-9-15/h5-13H,4H2,1-3H3. The molecule has 0 fully saturated rings. The fraction of sp³-hybridized carbons (Fsp3) is 0.294. The molecule has 2 rings (SSSR count). The van der Waals surface area contributed by atoms with Gasteiger partial charge in [-0.1, -0.05) is 51.1 Å². The molecule has 0 radical (unpaired) electrons. The number of aryl methyl sites for hydroxylation is 1. The Morgan fingerprint density at radius 3 is 2.33 bits per heavy atom. The zero-order valence-corrected chi connectivity index (χ0v) is 11.3. The van der Waals surface area contributed by atoms with Crippen LogP contribution in [-0.2, 0) is 6.42 Å². The largest absolute Gasteiger partial charge is 0.457 e. The number of para-hydroxylation sites is 1. The molecule has 0 N–H and O–H groups in total. The Balaban J connectivity index is 2.32. The molecule has 2 aromatic rings. The Hall–Kier alpha value is -1.76. The molecule has 0 aliphatic heterocycles. The van der Waals surface area contributed by atoms with Crippen molar-refractivity contribution in [3.05, 3.63) is 59.7 Å². The normalized spacial score (nSPS) is 10.7. The van der Waals surface area contributed by atoms with Crippen LogP contribution in [0.4, 0.5) is 0 Å². The third-order valence-electron chi connectivity index (χ3n) is 3.08. The predicted molar refractivity (Wildman–Crippen MR) is 76.4 cm³/mol. The van der Waals surface area contributed by atoms with Crippen molar-refractivity contribution in [1.82, 2.24) is 0 Å². The number of hydrogen-bond donors (Lipinski definition) is 0. The Morgan fingerprint density at radius 2 is 1.72 bits per heavy atom. The predicted octanol–water partition coefficient (Wildman–Crippen LogP) is 5.16. The van der Waals surface area contributed by atoms with E-state index in [-0.39, 0.29) is 0 Å². The van der Waals surface area contributed by atoms with Crippen LogP contribution in [0.5, 0.6) is 11.5 Å². The van der Waals surface area contributed by atoms with E-state index in [4.69, 9.17) is 4.74 Å². The number of benzene rings is 2. The van der Waals surface area contributed by atoms with E-state index in [0.717, 1.165) is 17.9 Å². The van der Waals surface area contributed by atoms with Crippen molar-refractivity contribution in [2.24, 2.45) is 0 Å². The molecule has 0 spiro atoms. The smallest absolute Gasteiger partial charge is 0.130 e. The van der Waals surface area contributed by atoms with E-state index in [2.05, 4.69) is 39.0 Å². The monoisotopic (exact) mass is 240 g/mol. The molecular weight excluding hydrogens is 220 g/mol. The summed E-state index contributed by atoms with van der Waals surface area (Å²) < 4.78 is 5.97. The van der Waals surface area contributed by atoms with E-state index in [0.29, 0.717) is 5.92 Å². The minimum absolute atomic E-state index is 0.468. The minimum Gasteiger partial charge on any atom is -0.457 e. The van der Waals surface area contributed by atoms with Crippen LogP contribution < -0.4 is 4.74 Å². The van der Waals surface area contributed by atoms with Gasteiger partial charge < -0.3 is 4.74 Å². The van der Waals surface area contributed by atoms with Crippen molar-refractivity contribution in [3.63, 3.8) is 0 Å². The SMILES string of the molecule is CCc1ccc(Oc2ccccc2)c(C(C)C)c1. The van der Waals surface area contributed by atoms with Crippen molar-refractivity contribution in [2.75, 3.05) is 0 Å². The molecule has 0 aromatic heterocycles. The van der Waals surface area contributed by atoms with Gasteiger partial charge in [-0.2, -0.15) is 0 Å². The van der Waals surface area contributed by atoms with Gasteiger partial charge in [-0.05, 0) is 41.7 Å². The second-order valence-corrected chi connectivity index (χ2v) is 4.80. The third-order valence-corrected chi connectivity index (χ3v) is 3.08. The molecule has 1 heteroatoms. The lowest BCUT2D eigenvalue weighted by atomic mass is 9.98. The van der Waals surface area contributed by atoms with Crippen LogP contribution in [0.1, 0.15) is 37.8 Å². The molecule has 1 nitrogen and oxygen atoms in total. The van der Waals surface area contributed by atoms with Crippen LogP contribution in [-0.4, -0.2) is 0 Å². The summed E-state index contributed by atoms with van der Waals surface area (Å²) in [5.41, 5.74) is 2.64. The molecule has 0 aliphatic carbocycles. The number of hydrogen-bond acceptors (Lipinski definition) is 1. The number of ether oxygens (including phenoxy) is 1. The van der Waals surface area contributed by atoms with E-state index in [1.165, 1.54) is 11.1 Å². The van der Waals surface area contributed by atoms with Crippen LogP contribution in [0, 0.1) is 0 Å². The average molecular weight is 240 g/mol. The first kappa shape index (κ1) is 12.7. The molecule has 0 atom stereocenters. The van der Waals surface area contributed by atoms with Crippen molar-refractivity contribution in [1.29, 1.82) is 0 Å². The van der Waals surface area contributed by atoms with Crippen molar-refractivity contribution >= 4 is 0 Å². The van der Waals surface area contributed by atoms with Gasteiger partial charge in [0.25, 0.3) is 0 Å². The summed E-state index contributed by atoms with van der Waals surface area (Å²) in [6.07, 6.45) is 1.06. The summed E-state index contributed by atoms with van der Waals surface area (Å²) in [4.78, 5) is 0. The molecule has 0 bridgehead atoms.